The summed E-state index contributed by atoms with van der Waals surface area (Å²) in [6, 6.07) is 43.8. The van der Waals surface area contributed by atoms with Gasteiger partial charge < -0.3 is 0 Å². The summed E-state index contributed by atoms with van der Waals surface area (Å²) < 4.78 is 0. The molecule has 0 N–H and O–H groups in total. The Morgan fingerprint density at radius 3 is 1.79 bits per heavy atom. The molecule has 0 aliphatic heterocycles. The zero-order valence-electron chi connectivity index (χ0n) is 20.5. The van der Waals surface area contributed by atoms with E-state index >= 15 is 0 Å². The number of benzene rings is 6. The van der Waals surface area contributed by atoms with E-state index in [9.17, 15) is 5.26 Å². The van der Waals surface area contributed by atoms with Gasteiger partial charge in [-0.3, -0.25) is 0 Å². The van der Waals surface area contributed by atoms with Crippen LogP contribution >= 0.6 is 0 Å². The van der Waals surface area contributed by atoms with Crippen LogP contribution in [0.5, 0.6) is 0 Å². The fourth-order valence-electron chi connectivity index (χ4n) is 5.35. The summed E-state index contributed by atoms with van der Waals surface area (Å²) in [4.78, 5) is 9.88. The quantitative estimate of drug-likeness (QED) is 0.252. The molecule has 0 atom stereocenters. The molecule has 1 aromatic heterocycles. The molecule has 6 aromatic carbocycles. The summed E-state index contributed by atoms with van der Waals surface area (Å²) in [5.41, 5.74) is 6.95. The lowest BCUT2D eigenvalue weighted by Gasteiger charge is -2.18. The average molecular weight is 484 g/mol. The summed E-state index contributed by atoms with van der Waals surface area (Å²) in [6.45, 7) is 0. The van der Waals surface area contributed by atoms with Gasteiger partial charge in [-0.15, -0.1) is 0 Å². The van der Waals surface area contributed by atoms with E-state index in [-0.39, 0.29) is 0 Å². The van der Waals surface area contributed by atoms with Crippen LogP contribution in [0, 0.1) is 11.3 Å². The molecule has 38 heavy (non-hydrogen) atoms. The largest absolute Gasteiger partial charge is 0.236 e. The van der Waals surface area contributed by atoms with E-state index in [2.05, 4.69) is 78.9 Å². The van der Waals surface area contributed by atoms with Crippen molar-refractivity contribution in [3.8, 4) is 39.7 Å². The summed E-state index contributed by atoms with van der Waals surface area (Å²) in [7, 11) is 0. The van der Waals surface area contributed by atoms with Gasteiger partial charge in [-0.25, -0.2) is 9.97 Å². The maximum atomic E-state index is 9.38. The molecule has 7 aromatic rings. The molecule has 3 nitrogen and oxygen atoms in total. The van der Waals surface area contributed by atoms with Gasteiger partial charge in [0, 0.05) is 17.1 Å². The Kier molecular flexibility index (Phi) is 5.17. The number of aromatic nitrogens is 2. The van der Waals surface area contributed by atoms with E-state index in [0.29, 0.717) is 11.4 Å². The second-order valence-electron chi connectivity index (χ2n) is 9.36. The van der Waals surface area contributed by atoms with Gasteiger partial charge in [0.05, 0.1) is 17.1 Å². The van der Waals surface area contributed by atoms with Crippen molar-refractivity contribution in [2.24, 2.45) is 0 Å². The van der Waals surface area contributed by atoms with Crippen LogP contribution in [-0.2, 0) is 0 Å². The first kappa shape index (κ1) is 21.9. The van der Waals surface area contributed by atoms with E-state index in [1.165, 1.54) is 5.39 Å². The van der Waals surface area contributed by atoms with Gasteiger partial charge in [0.25, 0.3) is 0 Å². The molecule has 1 heterocycles. The Labute approximate surface area is 220 Å². The van der Waals surface area contributed by atoms with Crippen molar-refractivity contribution in [2.75, 3.05) is 0 Å². The molecule has 176 valence electrons. The van der Waals surface area contributed by atoms with Gasteiger partial charge in [0.15, 0.2) is 5.82 Å². The van der Waals surface area contributed by atoms with Crippen molar-refractivity contribution in [3.63, 3.8) is 0 Å². The minimum absolute atomic E-state index is 0.645. The smallest absolute Gasteiger partial charge is 0.161 e. The van der Waals surface area contributed by atoms with Gasteiger partial charge in [-0.1, -0.05) is 103 Å². The number of rotatable bonds is 3. The SMILES string of the molecule is N#Cc1ccc(-c2c(-c3ccc4ccccc4c3-c3ncc4ccccc4n3)ccc3ccccc23)cc1. The van der Waals surface area contributed by atoms with Crippen molar-refractivity contribution in [2.45, 2.75) is 0 Å². The number of nitriles is 1. The molecule has 0 saturated carbocycles. The van der Waals surface area contributed by atoms with Gasteiger partial charge >= 0.3 is 0 Å². The standard InChI is InChI=1S/C35H21N3/c36-21-23-13-15-26(16-14-23)33-28-10-4-1-7-24(28)17-19-30(33)31-20-18-25-8-2-5-11-29(25)34(31)35-37-22-27-9-3-6-12-32(27)38-35/h1-20,22H. The van der Waals surface area contributed by atoms with Crippen LogP contribution in [-0.4, -0.2) is 9.97 Å². The number of para-hydroxylation sites is 1. The first-order chi connectivity index (χ1) is 18.8. The number of fused-ring (bicyclic) bond motifs is 3. The summed E-state index contributed by atoms with van der Waals surface area (Å²) in [5.74, 6) is 0.703. The summed E-state index contributed by atoms with van der Waals surface area (Å²) in [6.07, 6.45) is 1.91. The molecule has 0 amide bonds. The third-order valence-electron chi connectivity index (χ3n) is 7.16. The van der Waals surface area contributed by atoms with Gasteiger partial charge in [-0.2, -0.15) is 5.26 Å². The lowest BCUT2D eigenvalue weighted by molar-refractivity contribution is 1.23. The maximum Gasteiger partial charge on any atom is 0.161 e. The van der Waals surface area contributed by atoms with Crippen LogP contribution in [0.2, 0.25) is 0 Å². The first-order valence-corrected chi connectivity index (χ1v) is 12.6. The minimum atomic E-state index is 0.645. The third-order valence-corrected chi connectivity index (χ3v) is 7.16. The minimum Gasteiger partial charge on any atom is -0.236 e. The molecule has 0 saturated heterocycles. The molecule has 0 bridgehead atoms. The van der Waals surface area contributed by atoms with E-state index in [1.807, 2.05) is 54.7 Å². The highest BCUT2D eigenvalue weighted by molar-refractivity contribution is 6.10. The lowest BCUT2D eigenvalue weighted by atomic mass is 9.86. The topological polar surface area (TPSA) is 49.6 Å². The van der Waals surface area contributed by atoms with Crippen LogP contribution in [0.3, 0.4) is 0 Å². The predicted molar refractivity (Wildman–Crippen MR) is 156 cm³/mol. The molecule has 0 spiro atoms. The monoisotopic (exact) mass is 483 g/mol. The molecular formula is C35H21N3. The van der Waals surface area contributed by atoms with Crippen molar-refractivity contribution in [3.05, 3.63) is 133 Å². The Balaban J connectivity index is 1.58. The molecule has 0 aliphatic rings. The zero-order valence-corrected chi connectivity index (χ0v) is 20.5. The highest BCUT2D eigenvalue weighted by Gasteiger charge is 2.19. The Morgan fingerprint density at radius 1 is 0.526 bits per heavy atom. The highest BCUT2D eigenvalue weighted by Crippen LogP contribution is 2.44. The number of hydrogen-bond acceptors (Lipinski definition) is 3. The normalized spacial score (nSPS) is 11.1. The fourth-order valence-corrected chi connectivity index (χ4v) is 5.35. The van der Waals surface area contributed by atoms with Gasteiger partial charge in [0.1, 0.15) is 0 Å². The van der Waals surface area contributed by atoms with Crippen LogP contribution < -0.4 is 0 Å². The Morgan fingerprint density at radius 2 is 1.11 bits per heavy atom. The predicted octanol–water partition coefficient (Wildman–Crippen LogP) is 8.81. The van der Waals surface area contributed by atoms with Crippen molar-refractivity contribution in [1.29, 1.82) is 5.26 Å². The van der Waals surface area contributed by atoms with E-state index in [0.717, 1.165) is 54.9 Å². The Bertz CT molecular complexity index is 2030. The second-order valence-corrected chi connectivity index (χ2v) is 9.36. The van der Waals surface area contributed by atoms with Crippen LogP contribution in [0.15, 0.2) is 128 Å². The first-order valence-electron chi connectivity index (χ1n) is 12.6. The van der Waals surface area contributed by atoms with E-state index in [4.69, 9.17) is 9.97 Å². The van der Waals surface area contributed by atoms with E-state index in [1.54, 1.807) is 0 Å². The van der Waals surface area contributed by atoms with Gasteiger partial charge in [-0.05, 0) is 62.0 Å². The van der Waals surface area contributed by atoms with Crippen molar-refractivity contribution in [1.82, 2.24) is 9.97 Å². The zero-order chi connectivity index (χ0) is 25.5. The van der Waals surface area contributed by atoms with Crippen molar-refractivity contribution >= 4 is 32.4 Å². The molecule has 0 aliphatic carbocycles. The molecule has 0 fully saturated rings. The molecule has 3 heteroatoms. The van der Waals surface area contributed by atoms with Crippen molar-refractivity contribution < 1.29 is 0 Å². The van der Waals surface area contributed by atoms with Crippen LogP contribution in [0.1, 0.15) is 5.56 Å². The van der Waals surface area contributed by atoms with Gasteiger partial charge in [0.2, 0.25) is 0 Å². The average Bonchev–Trinajstić information content (AvgIpc) is 2.99. The third kappa shape index (κ3) is 3.59. The number of nitrogens with zero attached hydrogens (tertiary/aromatic N) is 3. The second kappa shape index (κ2) is 8.96. The molecule has 0 unspecified atom stereocenters. The highest BCUT2D eigenvalue weighted by atomic mass is 14.9. The fraction of sp³-hybridized carbons (Fsp3) is 0. The van der Waals surface area contributed by atoms with Crippen LogP contribution in [0.25, 0.3) is 66.1 Å². The van der Waals surface area contributed by atoms with E-state index < -0.39 is 0 Å². The Hall–Kier alpha value is -5.33. The number of hydrogen-bond donors (Lipinski definition) is 0. The maximum absolute atomic E-state index is 9.38. The molecule has 0 radical (unpaired) electrons. The lowest BCUT2D eigenvalue weighted by Crippen LogP contribution is -1.96. The summed E-state index contributed by atoms with van der Waals surface area (Å²) >= 11 is 0. The van der Waals surface area contributed by atoms with Crippen LogP contribution in [0.4, 0.5) is 0 Å². The molecular weight excluding hydrogens is 462 g/mol. The molecule has 7 rings (SSSR count). The summed E-state index contributed by atoms with van der Waals surface area (Å²) in [5, 5.41) is 15.0.